The number of nitrogens with zero attached hydrogens (tertiary/aromatic N) is 1. The summed E-state index contributed by atoms with van der Waals surface area (Å²) in [7, 11) is 1.65. The van der Waals surface area contributed by atoms with Gasteiger partial charge in [-0.15, -0.1) is 0 Å². The Kier molecular flexibility index (Phi) is 2.59. The van der Waals surface area contributed by atoms with Crippen molar-refractivity contribution in [1.29, 1.82) is 0 Å². The number of rotatable bonds is 3. The molecule has 1 atom stereocenters. The lowest BCUT2D eigenvalue weighted by molar-refractivity contribution is 0.415. The second kappa shape index (κ2) is 3.79. The van der Waals surface area contributed by atoms with E-state index in [0.29, 0.717) is 0 Å². The summed E-state index contributed by atoms with van der Waals surface area (Å²) in [5.41, 5.74) is 7.61. The third-order valence-corrected chi connectivity index (χ3v) is 2.96. The van der Waals surface area contributed by atoms with Crippen LogP contribution < -0.4 is 10.5 Å². The van der Waals surface area contributed by atoms with Crippen molar-refractivity contribution in [2.24, 2.45) is 5.73 Å². The number of nitrogens with one attached hydrogen (secondary N) is 1. The summed E-state index contributed by atoms with van der Waals surface area (Å²) in [6.07, 6.45) is 0.837. The maximum absolute atomic E-state index is 6.15. The lowest BCUT2D eigenvalue weighted by atomic mass is 10.0. The number of imidazole rings is 1. The summed E-state index contributed by atoms with van der Waals surface area (Å²) in [5, 5.41) is 0. The quantitative estimate of drug-likeness (QED) is 0.831. The van der Waals surface area contributed by atoms with Crippen LogP contribution in [0.4, 0.5) is 0 Å². The SMILES string of the molecule is CCC(C)(N)c1nc2ccc(OC)cc2[nH]1. The van der Waals surface area contributed by atoms with Crippen LogP contribution in [-0.2, 0) is 5.54 Å². The Labute approximate surface area is 94.8 Å². The maximum Gasteiger partial charge on any atom is 0.127 e. The Morgan fingerprint density at radius 3 is 2.88 bits per heavy atom. The van der Waals surface area contributed by atoms with E-state index in [1.165, 1.54) is 0 Å². The van der Waals surface area contributed by atoms with Crippen LogP contribution in [0.15, 0.2) is 18.2 Å². The molecule has 0 radical (unpaired) electrons. The van der Waals surface area contributed by atoms with Crippen molar-refractivity contribution in [3.8, 4) is 5.75 Å². The molecule has 0 spiro atoms. The van der Waals surface area contributed by atoms with Crippen LogP contribution in [0.2, 0.25) is 0 Å². The van der Waals surface area contributed by atoms with E-state index in [4.69, 9.17) is 10.5 Å². The number of fused-ring (bicyclic) bond motifs is 1. The van der Waals surface area contributed by atoms with Gasteiger partial charge in [0.05, 0.1) is 23.7 Å². The largest absolute Gasteiger partial charge is 0.497 e. The van der Waals surface area contributed by atoms with Crippen LogP contribution in [0.5, 0.6) is 5.75 Å². The van der Waals surface area contributed by atoms with Gasteiger partial charge in [0.15, 0.2) is 0 Å². The van der Waals surface area contributed by atoms with E-state index in [0.717, 1.165) is 29.0 Å². The third kappa shape index (κ3) is 1.76. The Hall–Kier alpha value is -1.55. The highest BCUT2D eigenvalue weighted by Crippen LogP contribution is 2.24. The van der Waals surface area contributed by atoms with E-state index in [2.05, 4.69) is 9.97 Å². The molecule has 0 aliphatic rings. The van der Waals surface area contributed by atoms with Gasteiger partial charge in [0.25, 0.3) is 0 Å². The van der Waals surface area contributed by atoms with E-state index < -0.39 is 5.54 Å². The zero-order valence-electron chi connectivity index (χ0n) is 9.87. The fraction of sp³-hybridized carbons (Fsp3) is 0.417. The highest BCUT2D eigenvalue weighted by atomic mass is 16.5. The molecule has 0 amide bonds. The molecular formula is C12H17N3O. The van der Waals surface area contributed by atoms with Crippen LogP contribution in [0, 0.1) is 0 Å². The summed E-state index contributed by atoms with van der Waals surface area (Å²) >= 11 is 0. The monoisotopic (exact) mass is 219 g/mol. The van der Waals surface area contributed by atoms with Crippen molar-refractivity contribution in [3.63, 3.8) is 0 Å². The molecule has 2 aromatic rings. The highest BCUT2D eigenvalue weighted by molar-refractivity contribution is 5.77. The van der Waals surface area contributed by atoms with Crippen molar-refractivity contribution in [3.05, 3.63) is 24.0 Å². The predicted octanol–water partition coefficient (Wildman–Crippen LogP) is 2.16. The Balaban J connectivity index is 2.52. The molecular weight excluding hydrogens is 202 g/mol. The highest BCUT2D eigenvalue weighted by Gasteiger charge is 2.22. The van der Waals surface area contributed by atoms with Gasteiger partial charge in [-0.1, -0.05) is 6.92 Å². The molecule has 0 fully saturated rings. The van der Waals surface area contributed by atoms with Gasteiger partial charge in [0, 0.05) is 6.07 Å². The molecule has 1 aromatic carbocycles. The molecule has 0 bridgehead atoms. The summed E-state index contributed by atoms with van der Waals surface area (Å²) in [5.74, 6) is 1.64. The molecule has 1 aromatic heterocycles. The summed E-state index contributed by atoms with van der Waals surface area (Å²) in [6, 6.07) is 5.75. The van der Waals surface area contributed by atoms with Gasteiger partial charge < -0.3 is 15.5 Å². The standard InChI is InChI=1S/C12H17N3O/c1-4-12(2,13)11-14-9-6-5-8(16-3)7-10(9)15-11/h5-7H,4,13H2,1-3H3,(H,14,15). The molecule has 0 saturated carbocycles. The number of aromatic nitrogens is 2. The molecule has 1 heterocycles. The van der Waals surface area contributed by atoms with E-state index >= 15 is 0 Å². The summed E-state index contributed by atoms with van der Waals surface area (Å²) < 4.78 is 5.16. The van der Waals surface area contributed by atoms with Crippen molar-refractivity contribution < 1.29 is 4.74 Å². The van der Waals surface area contributed by atoms with Crippen molar-refractivity contribution in [1.82, 2.24) is 9.97 Å². The van der Waals surface area contributed by atoms with Crippen LogP contribution in [0.3, 0.4) is 0 Å². The van der Waals surface area contributed by atoms with Crippen molar-refractivity contribution >= 4 is 11.0 Å². The van der Waals surface area contributed by atoms with Crippen LogP contribution in [0.1, 0.15) is 26.1 Å². The Bertz CT molecular complexity index is 502. The maximum atomic E-state index is 6.15. The molecule has 4 nitrogen and oxygen atoms in total. The minimum atomic E-state index is -0.410. The number of benzene rings is 1. The number of aromatic amines is 1. The molecule has 2 rings (SSSR count). The van der Waals surface area contributed by atoms with Gasteiger partial charge in [0.1, 0.15) is 11.6 Å². The number of H-pyrrole nitrogens is 1. The van der Waals surface area contributed by atoms with Crippen molar-refractivity contribution in [2.75, 3.05) is 7.11 Å². The Morgan fingerprint density at radius 2 is 2.25 bits per heavy atom. The van der Waals surface area contributed by atoms with E-state index in [9.17, 15) is 0 Å². The van der Waals surface area contributed by atoms with Gasteiger partial charge >= 0.3 is 0 Å². The first-order valence-corrected chi connectivity index (χ1v) is 5.40. The number of ether oxygens (including phenoxy) is 1. The first-order valence-electron chi connectivity index (χ1n) is 5.40. The van der Waals surface area contributed by atoms with Gasteiger partial charge in [-0.3, -0.25) is 0 Å². The average molecular weight is 219 g/mol. The second-order valence-corrected chi connectivity index (χ2v) is 4.24. The molecule has 1 unspecified atom stereocenters. The van der Waals surface area contributed by atoms with E-state index in [1.54, 1.807) is 7.11 Å². The average Bonchev–Trinajstić information content (AvgIpc) is 2.72. The fourth-order valence-corrected chi connectivity index (χ4v) is 1.55. The molecule has 0 saturated heterocycles. The molecule has 0 aliphatic carbocycles. The van der Waals surface area contributed by atoms with E-state index in [1.807, 2.05) is 32.0 Å². The van der Waals surface area contributed by atoms with Gasteiger partial charge in [-0.2, -0.15) is 0 Å². The summed E-state index contributed by atoms with van der Waals surface area (Å²) in [6.45, 7) is 4.02. The van der Waals surface area contributed by atoms with Gasteiger partial charge in [-0.05, 0) is 25.5 Å². The zero-order chi connectivity index (χ0) is 11.8. The van der Waals surface area contributed by atoms with Gasteiger partial charge in [-0.25, -0.2) is 4.98 Å². The number of hydrogen-bond donors (Lipinski definition) is 2. The molecule has 86 valence electrons. The smallest absolute Gasteiger partial charge is 0.127 e. The molecule has 16 heavy (non-hydrogen) atoms. The first kappa shape index (κ1) is 11.0. The minimum absolute atomic E-state index is 0.410. The molecule has 0 aliphatic heterocycles. The number of nitrogens with two attached hydrogens (primary N) is 1. The Morgan fingerprint density at radius 1 is 1.50 bits per heavy atom. The predicted molar refractivity (Wildman–Crippen MR) is 64.5 cm³/mol. The first-order chi connectivity index (χ1) is 7.56. The molecule has 4 heteroatoms. The third-order valence-electron chi connectivity index (χ3n) is 2.96. The fourth-order valence-electron chi connectivity index (χ4n) is 1.55. The summed E-state index contributed by atoms with van der Waals surface area (Å²) in [4.78, 5) is 7.74. The zero-order valence-corrected chi connectivity index (χ0v) is 9.87. The topological polar surface area (TPSA) is 63.9 Å². The van der Waals surface area contributed by atoms with Crippen LogP contribution in [0.25, 0.3) is 11.0 Å². The van der Waals surface area contributed by atoms with Gasteiger partial charge in [0.2, 0.25) is 0 Å². The molecule has 3 N–H and O–H groups in total. The lowest BCUT2D eigenvalue weighted by Gasteiger charge is -2.19. The second-order valence-electron chi connectivity index (χ2n) is 4.24. The van der Waals surface area contributed by atoms with Crippen molar-refractivity contribution in [2.45, 2.75) is 25.8 Å². The minimum Gasteiger partial charge on any atom is -0.497 e. The number of hydrogen-bond acceptors (Lipinski definition) is 3. The van der Waals surface area contributed by atoms with Crippen LogP contribution in [-0.4, -0.2) is 17.1 Å². The van der Waals surface area contributed by atoms with E-state index in [-0.39, 0.29) is 0 Å². The number of methoxy groups -OCH3 is 1. The normalized spacial score (nSPS) is 15.0. The lowest BCUT2D eigenvalue weighted by Crippen LogP contribution is -2.33. The van der Waals surface area contributed by atoms with Crippen LogP contribution >= 0.6 is 0 Å².